The van der Waals surface area contributed by atoms with E-state index in [1.165, 1.54) is 50.6 Å². The smallest absolute Gasteiger partial charge is 0.449 e. The predicted molar refractivity (Wildman–Crippen MR) is 167 cm³/mol. The van der Waals surface area contributed by atoms with Gasteiger partial charge in [0, 0.05) is 22.4 Å². The van der Waals surface area contributed by atoms with E-state index in [9.17, 15) is 22.4 Å². The average molecular weight is 781 g/mol. The first-order valence-corrected chi connectivity index (χ1v) is 18.0. The van der Waals surface area contributed by atoms with Crippen molar-refractivity contribution in [1.29, 1.82) is 0 Å². The molecule has 0 amide bonds. The third-order valence-corrected chi connectivity index (χ3v) is 10.2. The van der Waals surface area contributed by atoms with E-state index in [0.29, 0.717) is 5.75 Å². The zero-order valence-electron chi connectivity index (χ0n) is 26.1. The molecule has 48 heavy (non-hydrogen) atoms. The molecule has 20 heteroatoms. The lowest BCUT2D eigenvalue weighted by Gasteiger charge is -2.46. The molecule has 0 aromatic heterocycles. The van der Waals surface area contributed by atoms with E-state index in [1.807, 2.05) is 0 Å². The van der Waals surface area contributed by atoms with Crippen LogP contribution in [0.1, 0.15) is 13.8 Å². The minimum Gasteiger partial charge on any atom is -0.497 e. The number of hydrogen-bond acceptors (Lipinski definition) is 15. The molecule has 10 atom stereocenters. The van der Waals surface area contributed by atoms with Crippen molar-refractivity contribution in [3.63, 3.8) is 0 Å². The summed E-state index contributed by atoms with van der Waals surface area (Å²) < 4.78 is 107. The van der Waals surface area contributed by atoms with Gasteiger partial charge in [0.15, 0.2) is 12.6 Å². The average Bonchev–Trinajstić information content (AvgIpc) is 3.49. The Kier molecular flexibility index (Phi) is 11.7. The van der Waals surface area contributed by atoms with E-state index in [0.717, 1.165) is 4.47 Å². The first-order valence-electron chi connectivity index (χ1n) is 14.6. The van der Waals surface area contributed by atoms with Crippen LogP contribution in [0.4, 0.5) is 0 Å². The van der Waals surface area contributed by atoms with Crippen LogP contribution in [0.15, 0.2) is 58.1 Å². The van der Waals surface area contributed by atoms with E-state index in [4.69, 9.17) is 45.2 Å². The Balaban J connectivity index is 1.30. The highest BCUT2D eigenvalue weighted by Crippen LogP contribution is 2.40. The van der Waals surface area contributed by atoms with E-state index in [-0.39, 0.29) is 18.1 Å². The first kappa shape index (κ1) is 36.5. The second-order valence-electron chi connectivity index (χ2n) is 11.1. The topological polar surface area (TPSA) is 209 Å². The summed E-state index contributed by atoms with van der Waals surface area (Å²) in [5.41, 5.74) is 9.36. The fourth-order valence-electron chi connectivity index (χ4n) is 5.69. The molecule has 3 aliphatic rings. The van der Waals surface area contributed by atoms with Gasteiger partial charge in [0.05, 0.1) is 38.6 Å². The molecule has 2 aromatic rings. The Labute approximate surface area is 286 Å². The van der Waals surface area contributed by atoms with Crippen LogP contribution in [-0.2, 0) is 52.8 Å². The molecule has 0 spiro atoms. The molecule has 0 N–H and O–H groups in total. The number of azide groups is 1. The maximum absolute atomic E-state index is 12.9. The first-order chi connectivity index (χ1) is 22.8. The van der Waals surface area contributed by atoms with Gasteiger partial charge in [-0.25, -0.2) is 8.37 Å². The Morgan fingerprint density at radius 2 is 1.50 bits per heavy atom. The maximum Gasteiger partial charge on any atom is 0.449 e. The molecule has 3 fully saturated rings. The quantitative estimate of drug-likeness (QED) is 0.152. The summed E-state index contributed by atoms with van der Waals surface area (Å²) in [7, 11) is -6.30. The van der Waals surface area contributed by atoms with E-state index >= 15 is 0 Å². The molecule has 2 bridgehead atoms. The van der Waals surface area contributed by atoms with Gasteiger partial charge < -0.3 is 36.8 Å². The third-order valence-electron chi connectivity index (χ3n) is 8.04. The molecule has 17 nitrogen and oxygen atoms in total. The lowest BCUT2D eigenvalue weighted by molar-refractivity contribution is -0.299. The van der Waals surface area contributed by atoms with E-state index < -0.39 is 88.4 Å². The van der Waals surface area contributed by atoms with Gasteiger partial charge in [0.1, 0.15) is 35.6 Å². The van der Waals surface area contributed by atoms with Gasteiger partial charge in [-0.3, -0.25) is 0 Å². The molecular formula is C28H34BrN3O14S2. The van der Waals surface area contributed by atoms with E-state index in [2.05, 4.69) is 26.0 Å². The monoisotopic (exact) mass is 779 g/mol. The summed E-state index contributed by atoms with van der Waals surface area (Å²) in [5.74, 6) is -0.730. The fraction of sp³-hybridized carbons (Fsp3) is 0.571. The van der Waals surface area contributed by atoms with Crippen LogP contribution in [-0.4, -0.2) is 93.4 Å². The predicted octanol–water partition coefficient (Wildman–Crippen LogP) is 3.64. The van der Waals surface area contributed by atoms with Crippen molar-refractivity contribution in [2.24, 2.45) is 17.0 Å². The van der Waals surface area contributed by atoms with Gasteiger partial charge in [-0.1, -0.05) is 34.9 Å². The SMILES string of the molecule is COc1ccc(OS(=O)(=O)OCC2O[C@@H](O[C@@H]3C4CO[C@H](O4)C(OS(=O)(=O)Oc4ccc(Br)cc4)[C@H]3C)C(N=[N+]=[N-])[C@@H](C)[C@@H]2OC)cc1. The zero-order chi connectivity index (χ0) is 34.6. The number of hydrogen-bond donors (Lipinski definition) is 0. The Morgan fingerprint density at radius 1 is 0.875 bits per heavy atom. The normalized spacial score (nSPS) is 31.9. The van der Waals surface area contributed by atoms with Crippen LogP contribution < -0.4 is 13.1 Å². The number of ether oxygens (including phenoxy) is 6. The summed E-state index contributed by atoms with van der Waals surface area (Å²) in [6, 6.07) is 11.0. The van der Waals surface area contributed by atoms with Gasteiger partial charge >= 0.3 is 20.8 Å². The van der Waals surface area contributed by atoms with E-state index in [1.54, 1.807) is 26.0 Å². The second-order valence-corrected chi connectivity index (χ2v) is 14.4. The Bertz CT molecular complexity index is 1660. The Morgan fingerprint density at radius 3 is 2.12 bits per heavy atom. The van der Waals surface area contributed by atoms with Crippen molar-refractivity contribution < 1.29 is 62.0 Å². The molecular weight excluding hydrogens is 746 g/mol. The molecule has 0 radical (unpaired) electrons. The number of methoxy groups -OCH3 is 2. The van der Waals surface area contributed by atoms with Crippen molar-refractivity contribution in [2.45, 2.75) is 63.0 Å². The van der Waals surface area contributed by atoms with Gasteiger partial charge in [-0.2, -0.15) is 16.8 Å². The molecule has 3 saturated heterocycles. The summed E-state index contributed by atoms with van der Waals surface area (Å²) in [6.45, 7) is 2.88. The number of fused-ring (bicyclic) bond motifs is 2. The summed E-state index contributed by atoms with van der Waals surface area (Å²) >= 11 is 3.27. The van der Waals surface area contributed by atoms with Crippen molar-refractivity contribution in [3.05, 3.63) is 63.4 Å². The number of halogens is 1. The van der Waals surface area contributed by atoms with Crippen LogP contribution >= 0.6 is 15.9 Å². The molecule has 5 rings (SSSR count). The minimum atomic E-state index is -4.59. The van der Waals surface area contributed by atoms with Crippen LogP contribution in [0.5, 0.6) is 17.2 Å². The second kappa shape index (κ2) is 15.4. The zero-order valence-corrected chi connectivity index (χ0v) is 29.3. The van der Waals surface area contributed by atoms with Gasteiger partial charge in [-0.05, 0) is 60.0 Å². The maximum atomic E-state index is 12.9. The number of nitrogens with zero attached hydrogens (tertiary/aromatic N) is 3. The lowest BCUT2D eigenvalue weighted by Crippen LogP contribution is -2.59. The Hall–Kier alpha value is -2.75. The highest BCUT2D eigenvalue weighted by Gasteiger charge is 2.54. The fourth-order valence-corrected chi connectivity index (χ4v) is 7.57. The van der Waals surface area contributed by atoms with Crippen molar-refractivity contribution in [2.75, 3.05) is 27.4 Å². The van der Waals surface area contributed by atoms with Crippen LogP contribution in [0, 0.1) is 11.8 Å². The minimum absolute atomic E-state index is 0.00828. The third kappa shape index (κ3) is 8.69. The van der Waals surface area contributed by atoms with Crippen LogP contribution in [0.25, 0.3) is 10.4 Å². The van der Waals surface area contributed by atoms with Crippen LogP contribution in [0.2, 0.25) is 0 Å². The highest BCUT2D eigenvalue weighted by molar-refractivity contribution is 9.10. The molecule has 3 heterocycles. The lowest BCUT2D eigenvalue weighted by atomic mass is 9.88. The summed E-state index contributed by atoms with van der Waals surface area (Å²) in [4.78, 5) is 2.94. The highest BCUT2D eigenvalue weighted by atomic mass is 79.9. The number of rotatable bonds is 14. The summed E-state index contributed by atoms with van der Waals surface area (Å²) in [5, 5.41) is 3.87. The number of benzene rings is 2. The molecule has 264 valence electrons. The molecule has 0 saturated carbocycles. The van der Waals surface area contributed by atoms with Crippen molar-refractivity contribution in [3.8, 4) is 17.2 Å². The van der Waals surface area contributed by atoms with Gasteiger partial charge in [-0.15, -0.1) is 0 Å². The molecule has 2 aromatic carbocycles. The molecule has 3 aliphatic heterocycles. The largest absolute Gasteiger partial charge is 0.497 e. The van der Waals surface area contributed by atoms with Crippen molar-refractivity contribution in [1.82, 2.24) is 0 Å². The molecule has 0 aliphatic carbocycles. The standard InChI is InChI=1S/C28H34BrN3O14S2/c1-15-23(31-32-30)27(41-22(24(15)38-4)14-40-47(33,34)44-20-11-9-18(37-3)10-12-20)43-25-16(2)26(28-39-13-21(25)42-28)46-48(35,36)45-19-7-5-17(29)6-8-19/h5-12,15-16,21-28H,13-14H2,1-4H3/t15-,16+,21?,22?,23?,24+,25+,26?,27+,28-/m1/s1. The van der Waals surface area contributed by atoms with Gasteiger partial charge in [0.25, 0.3) is 0 Å². The summed E-state index contributed by atoms with van der Waals surface area (Å²) in [6.07, 6.45) is -6.92. The van der Waals surface area contributed by atoms with Crippen molar-refractivity contribution >= 4 is 36.7 Å². The van der Waals surface area contributed by atoms with Crippen LogP contribution in [0.3, 0.4) is 0 Å². The van der Waals surface area contributed by atoms with Gasteiger partial charge in [0.2, 0.25) is 0 Å². The molecule has 4 unspecified atom stereocenters.